The van der Waals surface area contributed by atoms with Crippen molar-refractivity contribution in [1.29, 1.82) is 0 Å². The van der Waals surface area contributed by atoms with Gasteiger partial charge in [0.25, 0.3) is 0 Å². The fourth-order valence-corrected chi connectivity index (χ4v) is 2.45. The second-order valence-corrected chi connectivity index (χ2v) is 6.71. The molecule has 2 amide bonds. The number of benzene rings is 1. The van der Waals surface area contributed by atoms with Gasteiger partial charge in [0.15, 0.2) is 0 Å². The molecule has 0 saturated carbocycles. The Morgan fingerprint density at radius 3 is 2.39 bits per heavy atom. The Balaban J connectivity index is 1.85. The standard InChI is InChI=1S/C17H23FN2O3/c1-17(2,3)23-16(22)20-10-8-12(9-11-20)15(21)19-14-7-5-4-6-13(14)18/h4-7,12H,8-11H2,1-3H3,(H,19,21). The van der Waals surface area contributed by atoms with E-state index in [-0.39, 0.29) is 23.6 Å². The Labute approximate surface area is 135 Å². The highest BCUT2D eigenvalue weighted by Crippen LogP contribution is 2.22. The quantitative estimate of drug-likeness (QED) is 0.908. The van der Waals surface area contributed by atoms with Crippen molar-refractivity contribution in [2.45, 2.75) is 39.2 Å². The minimum Gasteiger partial charge on any atom is -0.444 e. The molecule has 1 aliphatic heterocycles. The van der Waals surface area contributed by atoms with Crippen molar-refractivity contribution in [1.82, 2.24) is 4.90 Å². The van der Waals surface area contributed by atoms with Gasteiger partial charge < -0.3 is 15.0 Å². The van der Waals surface area contributed by atoms with Gasteiger partial charge in [-0.2, -0.15) is 0 Å². The fraction of sp³-hybridized carbons (Fsp3) is 0.529. The number of carbonyl (C=O) groups excluding carboxylic acids is 2. The van der Waals surface area contributed by atoms with Crippen LogP contribution in [0.25, 0.3) is 0 Å². The first-order chi connectivity index (χ1) is 10.8. The monoisotopic (exact) mass is 322 g/mol. The molecule has 1 heterocycles. The summed E-state index contributed by atoms with van der Waals surface area (Å²) in [5.41, 5.74) is -0.345. The van der Waals surface area contributed by atoms with E-state index in [0.29, 0.717) is 25.9 Å². The van der Waals surface area contributed by atoms with Crippen molar-refractivity contribution >= 4 is 17.7 Å². The van der Waals surface area contributed by atoms with Crippen LogP contribution in [-0.4, -0.2) is 35.6 Å². The van der Waals surface area contributed by atoms with Gasteiger partial charge in [0.1, 0.15) is 11.4 Å². The van der Waals surface area contributed by atoms with Gasteiger partial charge >= 0.3 is 6.09 Å². The van der Waals surface area contributed by atoms with Crippen LogP contribution in [0.4, 0.5) is 14.9 Å². The zero-order chi connectivity index (χ0) is 17.0. The molecule has 6 heteroatoms. The van der Waals surface area contributed by atoms with E-state index in [0.717, 1.165) is 0 Å². The van der Waals surface area contributed by atoms with Crippen molar-refractivity contribution in [2.24, 2.45) is 5.92 Å². The van der Waals surface area contributed by atoms with E-state index in [2.05, 4.69) is 5.32 Å². The maximum Gasteiger partial charge on any atom is 0.410 e. The van der Waals surface area contributed by atoms with Crippen LogP contribution in [0.15, 0.2) is 24.3 Å². The van der Waals surface area contributed by atoms with Gasteiger partial charge in [0, 0.05) is 19.0 Å². The average Bonchev–Trinajstić information content (AvgIpc) is 2.48. The third-order valence-corrected chi connectivity index (χ3v) is 3.65. The molecule has 1 fully saturated rings. The van der Waals surface area contributed by atoms with Crippen LogP contribution in [0.1, 0.15) is 33.6 Å². The van der Waals surface area contributed by atoms with Crippen LogP contribution in [0.3, 0.4) is 0 Å². The molecule has 0 radical (unpaired) electrons. The van der Waals surface area contributed by atoms with Gasteiger partial charge in [-0.05, 0) is 45.7 Å². The van der Waals surface area contributed by atoms with E-state index in [4.69, 9.17) is 4.74 Å². The molecule has 5 nitrogen and oxygen atoms in total. The molecule has 0 spiro atoms. The lowest BCUT2D eigenvalue weighted by Gasteiger charge is -2.32. The predicted octanol–water partition coefficient (Wildman–Crippen LogP) is 3.41. The number of hydrogen-bond acceptors (Lipinski definition) is 3. The van der Waals surface area contributed by atoms with Crippen molar-refractivity contribution in [3.05, 3.63) is 30.1 Å². The molecule has 0 bridgehead atoms. The minimum atomic E-state index is -0.532. The first-order valence-electron chi connectivity index (χ1n) is 7.79. The summed E-state index contributed by atoms with van der Waals surface area (Å²) >= 11 is 0. The van der Waals surface area contributed by atoms with Gasteiger partial charge in [-0.1, -0.05) is 12.1 Å². The third-order valence-electron chi connectivity index (χ3n) is 3.65. The summed E-state index contributed by atoms with van der Waals surface area (Å²) in [6.45, 7) is 6.38. The number of piperidine rings is 1. The first-order valence-corrected chi connectivity index (χ1v) is 7.79. The summed E-state index contributed by atoms with van der Waals surface area (Å²) in [6.07, 6.45) is 0.726. The number of anilines is 1. The minimum absolute atomic E-state index is 0.187. The number of para-hydroxylation sites is 1. The zero-order valence-corrected chi connectivity index (χ0v) is 13.8. The fourth-order valence-electron chi connectivity index (χ4n) is 2.45. The Bertz CT molecular complexity index is 575. The van der Waals surface area contributed by atoms with Crippen molar-refractivity contribution in [2.75, 3.05) is 18.4 Å². The lowest BCUT2D eigenvalue weighted by molar-refractivity contribution is -0.121. The molecular weight excluding hydrogens is 299 g/mol. The number of ether oxygens (including phenoxy) is 1. The van der Waals surface area contributed by atoms with Gasteiger partial charge in [-0.15, -0.1) is 0 Å². The smallest absolute Gasteiger partial charge is 0.410 e. The lowest BCUT2D eigenvalue weighted by Crippen LogP contribution is -2.43. The van der Waals surface area contributed by atoms with E-state index < -0.39 is 11.4 Å². The van der Waals surface area contributed by atoms with Crippen LogP contribution in [0.2, 0.25) is 0 Å². The van der Waals surface area contributed by atoms with Gasteiger partial charge in [0.2, 0.25) is 5.91 Å². The number of nitrogens with one attached hydrogen (secondary N) is 1. The summed E-state index contributed by atoms with van der Waals surface area (Å²) < 4.78 is 18.9. The Hall–Kier alpha value is -2.11. The van der Waals surface area contributed by atoms with Crippen molar-refractivity contribution in [3.8, 4) is 0 Å². The summed E-state index contributed by atoms with van der Waals surface area (Å²) in [5, 5.41) is 2.61. The maximum absolute atomic E-state index is 13.6. The van der Waals surface area contributed by atoms with E-state index in [9.17, 15) is 14.0 Å². The van der Waals surface area contributed by atoms with Crippen LogP contribution in [-0.2, 0) is 9.53 Å². The van der Waals surface area contributed by atoms with Crippen LogP contribution in [0, 0.1) is 11.7 Å². The van der Waals surface area contributed by atoms with Gasteiger partial charge in [-0.25, -0.2) is 9.18 Å². The molecule has 0 aliphatic carbocycles. The highest BCUT2D eigenvalue weighted by Gasteiger charge is 2.30. The molecule has 0 atom stereocenters. The number of carbonyl (C=O) groups is 2. The van der Waals surface area contributed by atoms with E-state index >= 15 is 0 Å². The molecule has 1 aromatic rings. The zero-order valence-electron chi connectivity index (χ0n) is 13.8. The number of rotatable bonds is 2. The lowest BCUT2D eigenvalue weighted by atomic mass is 9.96. The molecule has 1 aliphatic rings. The van der Waals surface area contributed by atoms with Crippen molar-refractivity contribution < 1.29 is 18.7 Å². The van der Waals surface area contributed by atoms with Gasteiger partial charge in [-0.3, -0.25) is 4.79 Å². The van der Waals surface area contributed by atoms with Crippen LogP contribution in [0.5, 0.6) is 0 Å². The van der Waals surface area contributed by atoms with Crippen LogP contribution < -0.4 is 5.32 Å². The first kappa shape index (κ1) is 17.2. The molecule has 0 aromatic heterocycles. The summed E-state index contributed by atoms with van der Waals surface area (Å²) in [7, 11) is 0. The van der Waals surface area contributed by atoms with E-state index in [1.54, 1.807) is 17.0 Å². The maximum atomic E-state index is 13.6. The number of amides is 2. The highest BCUT2D eigenvalue weighted by atomic mass is 19.1. The predicted molar refractivity (Wildman–Crippen MR) is 85.6 cm³/mol. The molecule has 2 rings (SSSR count). The topological polar surface area (TPSA) is 58.6 Å². The van der Waals surface area contributed by atoms with E-state index in [1.807, 2.05) is 20.8 Å². The number of halogens is 1. The largest absolute Gasteiger partial charge is 0.444 e. The number of likely N-dealkylation sites (tertiary alicyclic amines) is 1. The Kier molecular flexibility index (Phi) is 5.23. The summed E-state index contributed by atoms with van der Waals surface area (Å²) in [5.74, 6) is -0.890. The van der Waals surface area contributed by atoms with Gasteiger partial charge in [0.05, 0.1) is 5.69 Å². The Morgan fingerprint density at radius 2 is 1.83 bits per heavy atom. The third kappa shape index (κ3) is 4.94. The highest BCUT2D eigenvalue weighted by molar-refractivity contribution is 5.92. The molecule has 1 aromatic carbocycles. The Morgan fingerprint density at radius 1 is 1.22 bits per heavy atom. The average molecular weight is 322 g/mol. The molecule has 1 N–H and O–H groups in total. The molecule has 126 valence electrons. The van der Waals surface area contributed by atoms with Crippen molar-refractivity contribution in [3.63, 3.8) is 0 Å². The number of nitrogens with zero attached hydrogens (tertiary/aromatic N) is 1. The molecule has 1 saturated heterocycles. The summed E-state index contributed by atoms with van der Waals surface area (Å²) in [6, 6.07) is 6.08. The normalized spacial score (nSPS) is 16.1. The number of hydrogen-bond donors (Lipinski definition) is 1. The summed E-state index contributed by atoms with van der Waals surface area (Å²) in [4.78, 5) is 25.8. The second kappa shape index (κ2) is 6.98. The molecular formula is C17H23FN2O3. The second-order valence-electron chi connectivity index (χ2n) is 6.71. The van der Waals surface area contributed by atoms with Crippen LogP contribution >= 0.6 is 0 Å². The molecule has 0 unspecified atom stereocenters. The molecule has 23 heavy (non-hydrogen) atoms. The van der Waals surface area contributed by atoms with E-state index in [1.165, 1.54) is 12.1 Å². The SMILES string of the molecule is CC(C)(C)OC(=O)N1CCC(C(=O)Nc2ccccc2F)CC1.